The average Bonchev–Trinajstić information content (AvgIpc) is 2.15. The van der Waals surface area contributed by atoms with Crippen LogP contribution in [0.3, 0.4) is 0 Å². The van der Waals surface area contributed by atoms with Gasteiger partial charge in [0.15, 0.2) is 0 Å². The van der Waals surface area contributed by atoms with Gasteiger partial charge in [-0.2, -0.15) is 5.26 Å². The molecule has 0 aliphatic rings. The van der Waals surface area contributed by atoms with Crippen LogP contribution < -0.4 is 5.73 Å². The summed E-state index contributed by atoms with van der Waals surface area (Å²) in [7, 11) is 0. The van der Waals surface area contributed by atoms with Gasteiger partial charge in [0.25, 0.3) is 6.43 Å². The van der Waals surface area contributed by atoms with E-state index in [4.69, 9.17) is 22.6 Å². The summed E-state index contributed by atoms with van der Waals surface area (Å²) in [5.74, 6) is -0.308. The zero-order valence-electron chi connectivity index (χ0n) is 6.97. The molecule has 14 heavy (non-hydrogen) atoms. The Bertz CT molecular complexity index is 387. The van der Waals surface area contributed by atoms with Gasteiger partial charge in [0.2, 0.25) is 0 Å². The summed E-state index contributed by atoms with van der Waals surface area (Å²) >= 11 is 5.44. The summed E-state index contributed by atoms with van der Waals surface area (Å²) in [6.45, 7) is 0. The van der Waals surface area contributed by atoms with Crippen molar-refractivity contribution >= 4 is 17.4 Å². The minimum atomic E-state index is -2.80. The van der Waals surface area contributed by atoms with Crippen LogP contribution in [0, 0.1) is 11.3 Å². The quantitative estimate of drug-likeness (QED) is 0.773. The van der Waals surface area contributed by atoms with Crippen molar-refractivity contribution in [2.75, 3.05) is 5.73 Å². The Morgan fingerprint density at radius 1 is 1.64 bits per heavy atom. The lowest BCUT2D eigenvalue weighted by atomic mass is 10.1. The molecule has 1 aromatic rings. The Labute approximate surface area is 84.1 Å². The normalized spacial score (nSPS) is 10.2. The van der Waals surface area contributed by atoms with Gasteiger partial charge in [-0.1, -0.05) is 0 Å². The molecule has 2 N–H and O–H groups in total. The molecule has 3 nitrogen and oxygen atoms in total. The van der Waals surface area contributed by atoms with Crippen molar-refractivity contribution in [3.8, 4) is 6.07 Å². The van der Waals surface area contributed by atoms with E-state index in [0.29, 0.717) is 5.69 Å². The number of anilines is 1. The number of alkyl halides is 3. The van der Waals surface area contributed by atoms with Crippen molar-refractivity contribution in [2.24, 2.45) is 0 Å². The molecule has 0 bridgehead atoms. The van der Waals surface area contributed by atoms with Crippen molar-refractivity contribution in [2.45, 2.75) is 12.3 Å². The number of hydrogen-bond acceptors (Lipinski definition) is 3. The number of halogens is 3. The van der Waals surface area contributed by atoms with E-state index in [1.54, 1.807) is 6.07 Å². The van der Waals surface area contributed by atoms with Crippen LogP contribution in [0.15, 0.2) is 6.07 Å². The lowest BCUT2D eigenvalue weighted by Crippen LogP contribution is -2.04. The molecule has 0 aliphatic heterocycles. The third-order valence-corrected chi connectivity index (χ3v) is 1.89. The van der Waals surface area contributed by atoms with Gasteiger partial charge in [0.1, 0.15) is 5.82 Å². The van der Waals surface area contributed by atoms with Crippen LogP contribution in [0.1, 0.15) is 23.2 Å². The lowest BCUT2D eigenvalue weighted by Gasteiger charge is -2.07. The van der Waals surface area contributed by atoms with Crippen molar-refractivity contribution < 1.29 is 8.78 Å². The number of nitrogens with two attached hydrogens (primary N) is 1. The van der Waals surface area contributed by atoms with Crippen LogP contribution >= 0.6 is 11.6 Å². The molecule has 74 valence electrons. The van der Waals surface area contributed by atoms with E-state index in [-0.39, 0.29) is 17.3 Å². The maximum Gasteiger partial charge on any atom is 0.268 e. The highest BCUT2D eigenvalue weighted by Gasteiger charge is 2.18. The van der Waals surface area contributed by atoms with E-state index >= 15 is 0 Å². The zero-order valence-corrected chi connectivity index (χ0v) is 7.72. The summed E-state index contributed by atoms with van der Waals surface area (Å²) < 4.78 is 24.8. The average molecular weight is 218 g/mol. The first kappa shape index (κ1) is 10.7. The molecular formula is C8H6ClF2N3. The van der Waals surface area contributed by atoms with Crippen LogP contribution in [0.5, 0.6) is 0 Å². The monoisotopic (exact) mass is 217 g/mol. The van der Waals surface area contributed by atoms with Crippen LogP contribution in [-0.4, -0.2) is 4.98 Å². The lowest BCUT2D eigenvalue weighted by molar-refractivity contribution is 0.151. The summed E-state index contributed by atoms with van der Waals surface area (Å²) in [5.41, 5.74) is 4.88. The Morgan fingerprint density at radius 2 is 2.29 bits per heavy atom. The number of pyridine rings is 1. The standard InChI is InChI=1S/C8H6ClF2N3/c9-2-5-1-4(3-12)6(7(10)11)8(13)14-5/h1,7H,2H2,(H2,13,14). The van der Waals surface area contributed by atoms with Crippen molar-refractivity contribution in [3.63, 3.8) is 0 Å². The molecule has 0 amide bonds. The van der Waals surface area contributed by atoms with E-state index in [1.807, 2.05) is 0 Å². The SMILES string of the molecule is N#Cc1cc(CCl)nc(N)c1C(F)F. The topological polar surface area (TPSA) is 62.7 Å². The Kier molecular flexibility index (Phi) is 3.20. The second-order valence-electron chi connectivity index (χ2n) is 2.51. The van der Waals surface area contributed by atoms with Crippen LogP contribution in [0.25, 0.3) is 0 Å². The maximum absolute atomic E-state index is 12.4. The van der Waals surface area contributed by atoms with Gasteiger partial charge < -0.3 is 5.73 Å². The fraction of sp³-hybridized carbons (Fsp3) is 0.250. The Hall–Kier alpha value is -1.41. The molecule has 0 aromatic carbocycles. The van der Waals surface area contributed by atoms with E-state index in [2.05, 4.69) is 4.98 Å². The number of nitrogen functional groups attached to an aromatic ring is 1. The summed E-state index contributed by atoms with van der Waals surface area (Å²) in [5, 5.41) is 8.60. The van der Waals surface area contributed by atoms with E-state index in [1.165, 1.54) is 6.07 Å². The van der Waals surface area contributed by atoms with Gasteiger partial charge in [0, 0.05) is 0 Å². The minimum Gasteiger partial charge on any atom is -0.383 e. The fourth-order valence-corrected chi connectivity index (χ4v) is 1.16. The van der Waals surface area contributed by atoms with Crippen molar-refractivity contribution in [1.82, 2.24) is 4.98 Å². The van der Waals surface area contributed by atoms with Gasteiger partial charge in [-0.25, -0.2) is 13.8 Å². The number of aromatic nitrogens is 1. The maximum atomic E-state index is 12.4. The Morgan fingerprint density at radius 3 is 2.71 bits per heavy atom. The third kappa shape index (κ3) is 1.91. The molecule has 0 spiro atoms. The van der Waals surface area contributed by atoms with Gasteiger partial charge in [-0.05, 0) is 6.07 Å². The molecule has 0 fully saturated rings. The molecule has 0 unspecified atom stereocenters. The van der Waals surface area contributed by atoms with Crippen molar-refractivity contribution in [3.05, 3.63) is 22.9 Å². The number of nitrogens with zero attached hydrogens (tertiary/aromatic N) is 2. The van der Waals surface area contributed by atoms with Gasteiger partial charge in [0.05, 0.1) is 28.8 Å². The molecule has 6 heteroatoms. The first-order chi connectivity index (χ1) is 6.60. The second kappa shape index (κ2) is 4.20. The first-order valence-electron chi connectivity index (χ1n) is 3.63. The summed E-state index contributed by atoms with van der Waals surface area (Å²) in [6.07, 6.45) is -2.80. The molecule has 1 aromatic heterocycles. The summed E-state index contributed by atoms with van der Waals surface area (Å²) in [4.78, 5) is 3.64. The fourth-order valence-electron chi connectivity index (χ4n) is 1.02. The number of rotatable bonds is 2. The summed E-state index contributed by atoms with van der Waals surface area (Å²) in [6, 6.07) is 2.85. The minimum absolute atomic E-state index is 0.0302. The van der Waals surface area contributed by atoms with E-state index in [9.17, 15) is 8.78 Å². The van der Waals surface area contributed by atoms with E-state index < -0.39 is 12.0 Å². The van der Waals surface area contributed by atoms with Crippen LogP contribution in [0.4, 0.5) is 14.6 Å². The highest BCUT2D eigenvalue weighted by atomic mass is 35.5. The second-order valence-corrected chi connectivity index (χ2v) is 2.77. The van der Waals surface area contributed by atoms with Gasteiger partial charge in [-0.3, -0.25) is 0 Å². The predicted octanol–water partition coefficient (Wildman–Crippen LogP) is 2.21. The zero-order chi connectivity index (χ0) is 10.7. The van der Waals surface area contributed by atoms with Crippen molar-refractivity contribution in [1.29, 1.82) is 5.26 Å². The first-order valence-corrected chi connectivity index (χ1v) is 4.17. The largest absolute Gasteiger partial charge is 0.383 e. The van der Waals surface area contributed by atoms with Crippen LogP contribution in [-0.2, 0) is 5.88 Å². The molecule has 0 saturated heterocycles. The molecule has 1 rings (SSSR count). The van der Waals surface area contributed by atoms with Gasteiger partial charge >= 0.3 is 0 Å². The predicted molar refractivity (Wildman–Crippen MR) is 47.9 cm³/mol. The Balaban J connectivity index is 3.37. The molecule has 1 heterocycles. The van der Waals surface area contributed by atoms with Crippen LogP contribution in [0.2, 0.25) is 0 Å². The van der Waals surface area contributed by atoms with E-state index in [0.717, 1.165) is 0 Å². The molecular weight excluding hydrogens is 212 g/mol. The van der Waals surface area contributed by atoms with Gasteiger partial charge in [-0.15, -0.1) is 11.6 Å². The molecule has 0 atom stereocenters. The molecule has 0 radical (unpaired) electrons. The highest BCUT2D eigenvalue weighted by molar-refractivity contribution is 6.16. The number of hydrogen-bond donors (Lipinski definition) is 1. The third-order valence-electron chi connectivity index (χ3n) is 1.62. The number of nitriles is 1. The molecule has 0 saturated carbocycles. The smallest absolute Gasteiger partial charge is 0.268 e. The highest BCUT2D eigenvalue weighted by Crippen LogP contribution is 2.27. The molecule has 0 aliphatic carbocycles.